The number of hydrogen-bond acceptors (Lipinski definition) is 2. The molecule has 3 aliphatic carbocycles. The van der Waals surface area contributed by atoms with Gasteiger partial charge in [-0.3, -0.25) is 4.79 Å². The lowest BCUT2D eigenvalue weighted by atomic mass is 9.45. The molecule has 2 nitrogen and oxygen atoms in total. The summed E-state index contributed by atoms with van der Waals surface area (Å²) >= 11 is 0. The van der Waals surface area contributed by atoms with Crippen LogP contribution >= 0.6 is 0 Å². The lowest BCUT2D eigenvalue weighted by molar-refractivity contribution is -0.140. The van der Waals surface area contributed by atoms with Crippen LogP contribution in [0.15, 0.2) is 23.0 Å². The second-order valence-electron chi connectivity index (χ2n) is 11.5. The highest BCUT2D eigenvalue weighted by Crippen LogP contribution is 2.63. The number of carbonyl (C=O) groups excluding carboxylic acids is 1. The van der Waals surface area contributed by atoms with Crippen LogP contribution in [0.4, 0.5) is 0 Å². The lowest BCUT2D eigenvalue weighted by Crippen LogP contribution is -2.55. The Morgan fingerprint density at radius 2 is 1.78 bits per heavy atom. The minimum Gasteiger partial charge on any atom is -0.547 e. The summed E-state index contributed by atoms with van der Waals surface area (Å²) in [6.07, 6.45) is 7.61. The molecule has 0 N–H and O–H groups in total. The normalized spacial score (nSPS) is 37.5. The van der Waals surface area contributed by atoms with E-state index in [0.29, 0.717) is 17.6 Å². The van der Waals surface area contributed by atoms with E-state index in [4.69, 9.17) is 4.43 Å². The van der Waals surface area contributed by atoms with Crippen molar-refractivity contribution in [2.45, 2.75) is 98.7 Å². The van der Waals surface area contributed by atoms with Gasteiger partial charge >= 0.3 is 0 Å². The van der Waals surface area contributed by atoms with Gasteiger partial charge in [0.25, 0.3) is 0 Å². The number of allylic oxidation sites excluding steroid dienone is 4. The van der Waals surface area contributed by atoms with E-state index in [0.717, 1.165) is 37.7 Å². The summed E-state index contributed by atoms with van der Waals surface area (Å²) in [7, 11) is -1.81. The highest BCUT2D eigenvalue weighted by Gasteiger charge is 2.58. The first-order chi connectivity index (χ1) is 12.2. The van der Waals surface area contributed by atoms with Crippen LogP contribution in [-0.2, 0) is 9.22 Å². The van der Waals surface area contributed by atoms with Crippen molar-refractivity contribution in [3.63, 3.8) is 0 Å². The van der Waals surface area contributed by atoms with Gasteiger partial charge < -0.3 is 4.43 Å². The van der Waals surface area contributed by atoms with E-state index in [1.54, 1.807) is 0 Å². The molecule has 1 fully saturated rings. The van der Waals surface area contributed by atoms with Gasteiger partial charge in [0.15, 0.2) is 5.78 Å². The second kappa shape index (κ2) is 6.34. The SMILES string of the molecule is CC1=CC[C@@H]2[C@@]3(C)CCC(O[Si](C)(C)C(C)(C)C)=C(C)[C@@H]3CC[C@@]2(C)C1=O. The van der Waals surface area contributed by atoms with Gasteiger partial charge in [0, 0.05) is 11.8 Å². The van der Waals surface area contributed by atoms with Gasteiger partial charge in [-0.15, -0.1) is 0 Å². The molecule has 0 amide bonds. The van der Waals surface area contributed by atoms with Crippen LogP contribution in [0.2, 0.25) is 18.1 Å². The predicted molar refractivity (Wildman–Crippen MR) is 116 cm³/mol. The number of ketones is 1. The number of Topliss-reactive ketones (excluding diaryl/α,β-unsaturated/α-hetero) is 1. The largest absolute Gasteiger partial charge is 0.547 e. The third kappa shape index (κ3) is 3.09. The van der Waals surface area contributed by atoms with Crippen LogP contribution < -0.4 is 0 Å². The van der Waals surface area contributed by atoms with Crippen LogP contribution in [0, 0.1) is 22.7 Å². The molecule has 0 aromatic carbocycles. The molecule has 152 valence electrons. The Kier molecular flexibility index (Phi) is 4.90. The fourth-order valence-electron chi connectivity index (χ4n) is 5.98. The molecular formula is C24H40O2Si. The molecule has 3 aliphatic rings. The minimum atomic E-state index is -1.81. The van der Waals surface area contributed by atoms with E-state index in [9.17, 15) is 4.79 Å². The topological polar surface area (TPSA) is 26.3 Å². The maximum atomic E-state index is 13.0. The van der Waals surface area contributed by atoms with Gasteiger partial charge in [-0.1, -0.05) is 40.7 Å². The highest BCUT2D eigenvalue weighted by atomic mass is 28.4. The van der Waals surface area contributed by atoms with Crippen molar-refractivity contribution in [1.29, 1.82) is 0 Å². The molecule has 0 radical (unpaired) electrons. The second-order valence-corrected chi connectivity index (χ2v) is 16.2. The third-order valence-corrected chi connectivity index (χ3v) is 13.3. The molecule has 1 saturated carbocycles. The summed E-state index contributed by atoms with van der Waals surface area (Å²) in [4.78, 5) is 13.0. The zero-order valence-electron chi connectivity index (χ0n) is 19.1. The van der Waals surface area contributed by atoms with Crippen molar-refractivity contribution >= 4 is 14.1 Å². The Morgan fingerprint density at radius 3 is 2.37 bits per heavy atom. The van der Waals surface area contributed by atoms with Crippen molar-refractivity contribution in [1.82, 2.24) is 0 Å². The molecule has 27 heavy (non-hydrogen) atoms. The zero-order valence-corrected chi connectivity index (χ0v) is 20.1. The zero-order chi connectivity index (χ0) is 20.4. The lowest BCUT2D eigenvalue weighted by Gasteiger charge is -2.59. The molecule has 0 saturated heterocycles. The highest BCUT2D eigenvalue weighted by molar-refractivity contribution is 6.74. The van der Waals surface area contributed by atoms with Gasteiger partial charge in [-0.2, -0.15) is 0 Å². The maximum absolute atomic E-state index is 13.0. The summed E-state index contributed by atoms with van der Waals surface area (Å²) in [5, 5.41) is 0.226. The predicted octanol–water partition coefficient (Wildman–Crippen LogP) is 7.03. The summed E-state index contributed by atoms with van der Waals surface area (Å²) < 4.78 is 6.79. The molecule has 0 aromatic rings. The van der Waals surface area contributed by atoms with Crippen LogP contribution in [0.5, 0.6) is 0 Å². The molecule has 3 heteroatoms. The Bertz CT molecular complexity index is 708. The molecule has 0 heterocycles. The Balaban J connectivity index is 1.94. The summed E-state index contributed by atoms with van der Waals surface area (Å²) in [5.41, 5.74) is 2.52. The summed E-state index contributed by atoms with van der Waals surface area (Å²) in [6.45, 7) is 20.7. The van der Waals surface area contributed by atoms with Crippen LogP contribution in [0.3, 0.4) is 0 Å². The summed E-state index contributed by atoms with van der Waals surface area (Å²) in [6, 6.07) is 0. The van der Waals surface area contributed by atoms with Gasteiger partial charge in [-0.05, 0) is 86.1 Å². The van der Waals surface area contributed by atoms with Crippen LogP contribution in [-0.4, -0.2) is 14.1 Å². The number of fused-ring (bicyclic) bond motifs is 3. The molecule has 0 aromatic heterocycles. The summed E-state index contributed by atoms with van der Waals surface area (Å²) in [5.74, 6) is 2.71. The van der Waals surface area contributed by atoms with Crippen molar-refractivity contribution < 1.29 is 9.22 Å². The van der Waals surface area contributed by atoms with E-state index in [1.165, 1.54) is 11.3 Å². The molecular weight excluding hydrogens is 348 g/mol. The molecule has 3 rings (SSSR count). The Labute approximate surface area is 168 Å². The Morgan fingerprint density at radius 1 is 1.15 bits per heavy atom. The standard InChI is InChI=1S/C24H40O2Si/c1-16-10-11-20-23(6)15-13-19(26-27(8,9)22(3,4)5)17(2)18(23)12-14-24(20,7)21(16)25/h10,18,20H,11-15H2,1-9H3/t18-,20+,23-,24+/m0/s1. The van der Waals surface area contributed by atoms with E-state index < -0.39 is 8.32 Å². The first-order valence-corrected chi connectivity index (χ1v) is 13.7. The molecule has 0 unspecified atom stereocenters. The fourth-order valence-corrected chi connectivity index (χ4v) is 7.17. The molecule has 0 aliphatic heterocycles. The quantitative estimate of drug-likeness (QED) is 0.474. The number of rotatable bonds is 2. The number of hydrogen-bond donors (Lipinski definition) is 0. The van der Waals surface area contributed by atoms with Crippen molar-refractivity contribution in [2.24, 2.45) is 22.7 Å². The van der Waals surface area contributed by atoms with E-state index in [2.05, 4.69) is 60.7 Å². The maximum Gasteiger partial charge on any atom is 0.250 e. The van der Waals surface area contributed by atoms with Crippen molar-refractivity contribution in [2.75, 3.05) is 0 Å². The first kappa shape index (κ1) is 20.9. The first-order valence-electron chi connectivity index (χ1n) is 10.8. The Hall–Kier alpha value is -0.833. The van der Waals surface area contributed by atoms with E-state index in [-0.39, 0.29) is 15.9 Å². The third-order valence-electron chi connectivity index (χ3n) is 8.89. The number of carbonyl (C=O) groups is 1. The van der Waals surface area contributed by atoms with Gasteiger partial charge in [-0.25, -0.2) is 0 Å². The smallest absolute Gasteiger partial charge is 0.250 e. The van der Waals surface area contributed by atoms with Gasteiger partial charge in [0.2, 0.25) is 8.32 Å². The average Bonchev–Trinajstić information content (AvgIpc) is 2.54. The van der Waals surface area contributed by atoms with Crippen LogP contribution in [0.25, 0.3) is 0 Å². The van der Waals surface area contributed by atoms with Crippen molar-refractivity contribution in [3.05, 3.63) is 23.0 Å². The molecule has 4 atom stereocenters. The van der Waals surface area contributed by atoms with Crippen molar-refractivity contribution in [3.8, 4) is 0 Å². The molecule has 0 spiro atoms. The van der Waals surface area contributed by atoms with Crippen LogP contribution in [0.1, 0.15) is 80.6 Å². The van der Waals surface area contributed by atoms with E-state index in [1.807, 2.05) is 6.92 Å². The van der Waals surface area contributed by atoms with Gasteiger partial charge in [0.1, 0.15) is 0 Å². The van der Waals surface area contributed by atoms with Gasteiger partial charge in [0.05, 0.1) is 5.76 Å². The average molecular weight is 389 g/mol. The molecule has 0 bridgehead atoms. The minimum absolute atomic E-state index is 0.165. The fraction of sp³-hybridized carbons (Fsp3) is 0.792. The van der Waals surface area contributed by atoms with E-state index >= 15 is 0 Å². The monoisotopic (exact) mass is 388 g/mol.